The van der Waals surface area contributed by atoms with Crippen LogP contribution in [-0.4, -0.2) is 43.5 Å². The molecule has 0 N–H and O–H groups in total. The molecule has 0 radical (unpaired) electrons. The molecule has 1 heterocycles. The zero-order chi connectivity index (χ0) is 21.7. The Balaban J connectivity index is 1.76. The topological polar surface area (TPSA) is 65.1 Å². The van der Waals surface area contributed by atoms with Crippen molar-refractivity contribution in [3.63, 3.8) is 0 Å². The summed E-state index contributed by atoms with van der Waals surface area (Å²) < 4.78 is 15.9. The van der Waals surface area contributed by atoms with Gasteiger partial charge < -0.3 is 14.2 Å². The second kappa shape index (κ2) is 10.2. The van der Waals surface area contributed by atoms with Crippen LogP contribution in [0.1, 0.15) is 11.1 Å². The molecule has 1 fully saturated rings. The lowest BCUT2D eigenvalue weighted by Crippen LogP contribution is -2.27. The summed E-state index contributed by atoms with van der Waals surface area (Å²) in [4.78, 5) is 26.6. The van der Waals surface area contributed by atoms with E-state index in [2.05, 4.69) is 0 Å². The standard InChI is InChI=1S/C21H19Cl2NO5S/c1-27-7-8-29-17-6-4-13(10-18(17)28-2)11-19-20(25)24(21(26)30-19)12-14-3-5-15(22)16(23)9-14/h3-6,9-11H,7-8,12H2,1-2H3/b19-11-. The van der Waals surface area contributed by atoms with Crippen LogP contribution < -0.4 is 9.47 Å². The van der Waals surface area contributed by atoms with Crippen LogP contribution >= 0.6 is 35.0 Å². The van der Waals surface area contributed by atoms with E-state index in [1.54, 1.807) is 49.6 Å². The van der Waals surface area contributed by atoms with Gasteiger partial charge in [0.05, 0.1) is 35.2 Å². The molecule has 0 spiro atoms. The summed E-state index contributed by atoms with van der Waals surface area (Å²) in [6.07, 6.45) is 1.65. The molecule has 2 amide bonds. The summed E-state index contributed by atoms with van der Waals surface area (Å²) in [6.45, 7) is 0.963. The van der Waals surface area contributed by atoms with Crippen LogP contribution in [0.2, 0.25) is 10.0 Å². The number of rotatable bonds is 8. The van der Waals surface area contributed by atoms with Crippen molar-refractivity contribution in [2.24, 2.45) is 0 Å². The number of ether oxygens (including phenoxy) is 3. The van der Waals surface area contributed by atoms with Gasteiger partial charge in [-0.05, 0) is 53.2 Å². The van der Waals surface area contributed by atoms with Crippen molar-refractivity contribution in [2.75, 3.05) is 27.4 Å². The molecule has 3 rings (SSSR count). The van der Waals surface area contributed by atoms with E-state index in [1.807, 2.05) is 0 Å². The Bertz CT molecular complexity index is 995. The minimum Gasteiger partial charge on any atom is -0.493 e. The maximum absolute atomic E-state index is 12.8. The maximum Gasteiger partial charge on any atom is 0.293 e. The van der Waals surface area contributed by atoms with Crippen LogP contribution in [0.4, 0.5) is 4.79 Å². The molecule has 6 nitrogen and oxygen atoms in total. The van der Waals surface area contributed by atoms with Gasteiger partial charge in [0.15, 0.2) is 11.5 Å². The average Bonchev–Trinajstić information content (AvgIpc) is 2.99. The van der Waals surface area contributed by atoms with E-state index in [4.69, 9.17) is 37.4 Å². The van der Waals surface area contributed by atoms with E-state index in [0.29, 0.717) is 50.8 Å². The van der Waals surface area contributed by atoms with Crippen molar-refractivity contribution in [1.82, 2.24) is 4.90 Å². The summed E-state index contributed by atoms with van der Waals surface area (Å²) in [5.41, 5.74) is 1.43. The predicted octanol–water partition coefficient (Wildman–Crippen LogP) is 5.26. The van der Waals surface area contributed by atoms with Crippen LogP contribution in [0, 0.1) is 0 Å². The summed E-state index contributed by atoms with van der Waals surface area (Å²) >= 11 is 12.8. The highest BCUT2D eigenvalue weighted by Crippen LogP contribution is 2.35. The fraction of sp³-hybridized carbons (Fsp3) is 0.238. The monoisotopic (exact) mass is 467 g/mol. The maximum atomic E-state index is 12.8. The number of amides is 2. The van der Waals surface area contributed by atoms with Gasteiger partial charge in [-0.25, -0.2) is 0 Å². The Hall–Kier alpha value is -2.19. The number of benzene rings is 2. The van der Waals surface area contributed by atoms with Gasteiger partial charge in [-0.2, -0.15) is 0 Å². The summed E-state index contributed by atoms with van der Waals surface area (Å²) in [5.74, 6) is 0.727. The van der Waals surface area contributed by atoms with Gasteiger partial charge in [0.25, 0.3) is 11.1 Å². The number of hydrogen-bond donors (Lipinski definition) is 0. The minimum absolute atomic E-state index is 0.120. The van der Waals surface area contributed by atoms with E-state index >= 15 is 0 Å². The van der Waals surface area contributed by atoms with E-state index in [0.717, 1.165) is 11.8 Å². The molecule has 1 aliphatic heterocycles. The highest BCUT2D eigenvalue weighted by Gasteiger charge is 2.35. The summed E-state index contributed by atoms with van der Waals surface area (Å²) in [6, 6.07) is 10.3. The van der Waals surface area contributed by atoms with Gasteiger partial charge in [0.2, 0.25) is 0 Å². The molecule has 9 heteroatoms. The minimum atomic E-state index is -0.365. The number of imide groups is 1. The zero-order valence-electron chi connectivity index (χ0n) is 16.3. The van der Waals surface area contributed by atoms with E-state index in [-0.39, 0.29) is 17.7 Å². The third kappa shape index (κ3) is 5.29. The molecule has 0 aromatic heterocycles. The number of nitrogens with zero attached hydrogens (tertiary/aromatic N) is 1. The first-order valence-corrected chi connectivity index (χ1v) is 10.5. The number of carbonyl (C=O) groups excluding carboxylic acids is 2. The Kier molecular flexibility index (Phi) is 7.66. The molecule has 0 bridgehead atoms. The normalized spacial score (nSPS) is 15.2. The Morgan fingerprint density at radius 2 is 1.80 bits per heavy atom. The molecular weight excluding hydrogens is 449 g/mol. The Labute approximate surface area is 188 Å². The predicted molar refractivity (Wildman–Crippen MR) is 118 cm³/mol. The summed E-state index contributed by atoms with van der Waals surface area (Å²) in [7, 11) is 3.13. The molecule has 0 aliphatic carbocycles. The van der Waals surface area contributed by atoms with Gasteiger partial charge >= 0.3 is 0 Å². The molecule has 0 unspecified atom stereocenters. The first-order valence-electron chi connectivity index (χ1n) is 8.92. The number of halogens is 2. The lowest BCUT2D eigenvalue weighted by atomic mass is 10.1. The van der Waals surface area contributed by atoms with E-state index < -0.39 is 0 Å². The van der Waals surface area contributed by atoms with Crippen molar-refractivity contribution in [1.29, 1.82) is 0 Å². The molecule has 1 aliphatic rings. The van der Waals surface area contributed by atoms with E-state index in [1.165, 1.54) is 12.0 Å². The largest absolute Gasteiger partial charge is 0.493 e. The first-order chi connectivity index (χ1) is 14.4. The molecular formula is C21H19Cl2NO5S. The SMILES string of the molecule is COCCOc1ccc(/C=C2\SC(=O)N(Cc3ccc(Cl)c(Cl)c3)C2=O)cc1OC. The van der Waals surface area contributed by atoms with Crippen molar-refractivity contribution in [3.05, 3.63) is 62.5 Å². The highest BCUT2D eigenvalue weighted by atomic mass is 35.5. The van der Waals surface area contributed by atoms with E-state index in [9.17, 15) is 9.59 Å². The quantitative estimate of drug-likeness (QED) is 0.389. The molecule has 2 aromatic carbocycles. The van der Waals surface area contributed by atoms with Gasteiger partial charge in [-0.3, -0.25) is 14.5 Å². The van der Waals surface area contributed by atoms with Crippen molar-refractivity contribution in [2.45, 2.75) is 6.54 Å². The highest BCUT2D eigenvalue weighted by molar-refractivity contribution is 8.18. The Morgan fingerprint density at radius 3 is 2.50 bits per heavy atom. The van der Waals surface area contributed by atoms with Gasteiger partial charge in [-0.15, -0.1) is 0 Å². The van der Waals surface area contributed by atoms with Crippen LogP contribution in [-0.2, 0) is 16.1 Å². The second-order valence-electron chi connectivity index (χ2n) is 6.27. The number of hydrogen-bond acceptors (Lipinski definition) is 6. The fourth-order valence-corrected chi connectivity index (χ4v) is 3.90. The van der Waals surface area contributed by atoms with Gasteiger partial charge in [0.1, 0.15) is 6.61 Å². The molecule has 158 valence electrons. The number of thioether (sulfide) groups is 1. The first kappa shape index (κ1) is 22.5. The lowest BCUT2D eigenvalue weighted by Gasteiger charge is -2.13. The number of methoxy groups -OCH3 is 2. The third-order valence-electron chi connectivity index (χ3n) is 4.23. The molecule has 30 heavy (non-hydrogen) atoms. The van der Waals surface area contributed by atoms with Crippen molar-refractivity contribution in [3.8, 4) is 11.5 Å². The molecule has 1 saturated heterocycles. The average molecular weight is 468 g/mol. The van der Waals surface area contributed by atoms with Gasteiger partial charge in [0, 0.05) is 7.11 Å². The molecule has 2 aromatic rings. The zero-order valence-corrected chi connectivity index (χ0v) is 18.6. The Morgan fingerprint density at radius 1 is 1.00 bits per heavy atom. The fourth-order valence-electron chi connectivity index (χ4n) is 2.74. The lowest BCUT2D eigenvalue weighted by molar-refractivity contribution is -0.123. The second-order valence-corrected chi connectivity index (χ2v) is 8.08. The van der Waals surface area contributed by atoms with Crippen molar-refractivity contribution < 1.29 is 23.8 Å². The van der Waals surface area contributed by atoms with Crippen LogP contribution in [0.25, 0.3) is 6.08 Å². The van der Waals surface area contributed by atoms with Crippen LogP contribution in [0.15, 0.2) is 41.3 Å². The summed E-state index contributed by atoms with van der Waals surface area (Å²) in [5, 5.41) is 0.443. The third-order valence-corrected chi connectivity index (χ3v) is 5.88. The van der Waals surface area contributed by atoms with Crippen LogP contribution in [0.3, 0.4) is 0 Å². The van der Waals surface area contributed by atoms with Crippen molar-refractivity contribution >= 4 is 52.2 Å². The molecule has 0 saturated carbocycles. The number of carbonyl (C=O) groups is 2. The van der Waals surface area contributed by atoms with Gasteiger partial charge in [-0.1, -0.05) is 35.3 Å². The smallest absolute Gasteiger partial charge is 0.293 e. The molecule has 0 atom stereocenters. The van der Waals surface area contributed by atoms with Crippen LogP contribution in [0.5, 0.6) is 11.5 Å².